The minimum atomic E-state index is -0.122. The number of aliphatic hydroxyl groups is 1. The van der Waals surface area contributed by atoms with E-state index in [0.717, 1.165) is 12.8 Å². The van der Waals surface area contributed by atoms with Crippen molar-refractivity contribution in [2.75, 3.05) is 19.7 Å². The monoisotopic (exact) mass is 284 g/mol. The van der Waals surface area contributed by atoms with Crippen LogP contribution in [-0.2, 0) is 6.42 Å². The normalized spacial score (nSPS) is 13.8. The number of nitrogens with one attached hydrogen (secondary N) is 2. The topological polar surface area (TPSA) is 61.4 Å². The Morgan fingerprint density at radius 3 is 2.58 bits per heavy atom. The van der Waals surface area contributed by atoms with Crippen LogP contribution in [0.15, 0.2) is 17.5 Å². The van der Waals surface area contributed by atoms with E-state index in [1.165, 1.54) is 4.88 Å². The summed E-state index contributed by atoms with van der Waals surface area (Å²) in [5, 5.41) is 16.6. The molecule has 0 saturated heterocycles. The molecule has 0 spiro atoms. The summed E-state index contributed by atoms with van der Waals surface area (Å²) in [5.74, 6) is 0.735. The van der Waals surface area contributed by atoms with Crippen molar-refractivity contribution in [2.45, 2.75) is 26.7 Å². The molecule has 0 aliphatic heterocycles. The van der Waals surface area contributed by atoms with Gasteiger partial charge < -0.3 is 15.7 Å². The lowest BCUT2D eigenvalue weighted by atomic mass is 10.1. The molecule has 0 aliphatic rings. The van der Waals surface area contributed by atoms with Crippen molar-refractivity contribution in [3.05, 3.63) is 22.4 Å². The fourth-order valence-corrected chi connectivity index (χ4v) is 2.63. The number of aliphatic hydroxyl groups excluding tert-OH is 1. The van der Waals surface area contributed by atoms with Gasteiger partial charge in [-0.2, -0.15) is 0 Å². The fourth-order valence-electron chi connectivity index (χ4n) is 1.76. The Hall–Kier alpha value is -1.07. The number of urea groups is 1. The number of hydrogen-bond donors (Lipinski definition) is 3. The fraction of sp³-hybridized carbons (Fsp3) is 0.643. The lowest BCUT2D eigenvalue weighted by Crippen LogP contribution is -2.40. The van der Waals surface area contributed by atoms with Gasteiger partial charge in [-0.15, -0.1) is 11.3 Å². The molecule has 19 heavy (non-hydrogen) atoms. The molecule has 5 heteroatoms. The first-order valence-electron chi connectivity index (χ1n) is 6.76. The van der Waals surface area contributed by atoms with Crippen molar-refractivity contribution in [1.82, 2.24) is 10.6 Å². The first-order chi connectivity index (χ1) is 9.11. The first kappa shape index (κ1) is 16.0. The maximum atomic E-state index is 11.6. The molecule has 108 valence electrons. The molecule has 2 amide bonds. The molecule has 4 nitrogen and oxygen atoms in total. The van der Waals surface area contributed by atoms with Crippen molar-refractivity contribution >= 4 is 17.4 Å². The lowest BCUT2D eigenvalue weighted by Gasteiger charge is -2.14. The maximum absolute atomic E-state index is 11.6. The molecule has 0 bridgehead atoms. The van der Waals surface area contributed by atoms with Crippen LogP contribution in [0.3, 0.4) is 0 Å². The average molecular weight is 284 g/mol. The lowest BCUT2D eigenvalue weighted by molar-refractivity contribution is 0.232. The molecule has 3 N–H and O–H groups in total. The molecule has 0 aromatic carbocycles. The number of carbonyl (C=O) groups is 1. The molecular weight excluding hydrogens is 260 g/mol. The smallest absolute Gasteiger partial charge is 0.314 e. The van der Waals surface area contributed by atoms with Crippen LogP contribution >= 0.6 is 11.3 Å². The van der Waals surface area contributed by atoms with E-state index in [1.807, 2.05) is 6.92 Å². The molecule has 1 heterocycles. The van der Waals surface area contributed by atoms with Crippen molar-refractivity contribution in [2.24, 2.45) is 11.8 Å². The molecule has 0 saturated carbocycles. The van der Waals surface area contributed by atoms with E-state index < -0.39 is 0 Å². The van der Waals surface area contributed by atoms with Crippen LogP contribution in [0.5, 0.6) is 0 Å². The first-order valence-corrected chi connectivity index (χ1v) is 7.64. The SMILES string of the molecule is CC(CCO)CNC(=O)NCC(C)Cc1cccs1. The van der Waals surface area contributed by atoms with Crippen molar-refractivity contribution < 1.29 is 9.90 Å². The van der Waals surface area contributed by atoms with Crippen molar-refractivity contribution in [3.63, 3.8) is 0 Å². The van der Waals surface area contributed by atoms with Crippen LogP contribution in [0.25, 0.3) is 0 Å². The zero-order valence-corrected chi connectivity index (χ0v) is 12.5. The quantitative estimate of drug-likeness (QED) is 0.685. The molecule has 2 atom stereocenters. The largest absolute Gasteiger partial charge is 0.396 e. The Kier molecular flexibility index (Phi) is 7.52. The minimum absolute atomic E-state index is 0.122. The number of amides is 2. The Morgan fingerprint density at radius 2 is 2.00 bits per heavy atom. The molecule has 0 aliphatic carbocycles. The van der Waals surface area contributed by atoms with Gasteiger partial charge in [0, 0.05) is 24.6 Å². The summed E-state index contributed by atoms with van der Waals surface area (Å²) in [6, 6.07) is 4.05. The second-order valence-corrected chi connectivity index (χ2v) is 6.13. The molecule has 0 fully saturated rings. The minimum Gasteiger partial charge on any atom is -0.396 e. The molecular formula is C14H24N2O2S. The molecule has 1 aromatic heterocycles. The number of thiophene rings is 1. The Balaban J connectivity index is 2.12. The highest BCUT2D eigenvalue weighted by molar-refractivity contribution is 7.09. The predicted molar refractivity (Wildman–Crippen MR) is 79.5 cm³/mol. The third-order valence-corrected chi connectivity index (χ3v) is 3.87. The zero-order valence-electron chi connectivity index (χ0n) is 11.7. The molecule has 1 aromatic rings. The van der Waals surface area contributed by atoms with E-state index >= 15 is 0 Å². The Bertz CT molecular complexity index is 354. The van der Waals surface area contributed by atoms with E-state index in [4.69, 9.17) is 5.11 Å². The average Bonchev–Trinajstić information content (AvgIpc) is 2.87. The van der Waals surface area contributed by atoms with Crippen molar-refractivity contribution in [1.29, 1.82) is 0 Å². The summed E-state index contributed by atoms with van der Waals surface area (Å²) in [6.07, 6.45) is 1.72. The van der Waals surface area contributed by atoms with E-state index in [9.17, 15) is 4.79 Å². The van der Waals surface area contributed by atoms with E-state index in [2.05, 4.69) is 35.1 Å². The van der Waals surface area contributed by atoms with Gasteiger partial charge in [-0.1, -0.05) is 19.9 Å². The molecule has 2 unspecified atom stereocenters. The summed E-state index contributed by atoms with van der Waals surface area (Å²) in [5.41, 5.74) is 0. The summed E-state index contributed by atoms with van der Waals surface area (Å²) in [7, 11) is 0. The van der Waals surface area contributed by atoms with Crippen LogP contribution in [-0.4, -0.2) is 30.8 Å². The van der Waals surface area contributed by atoms with Crippen LogP contribution in [0.2, 0.25) is 0 Å². The third kappa shape index (κ3) is 7.18. The van der Waals surface area contributed by atoms with Crippen LogP contribution in [0, 0.1) is 11.8 Å². The zero-order chi connectivity index (χ0) is 14.1. The number of carbonyl (C=O) groups excluding carboxylic acids is 1. The molecule has 1 rings (SSSR count). The molecule has 0 radical (unpaired) electrons. The summed E-state index contributed by atoms with van der Waals surface area (Å²) in [4.78, 5) is 12.9. The summed E-state index contributed by atoms with van der Waals surface area (Å²) >= 11 is 1.75. The van der Waals surface area contributed by atoms with Crippen molar-refractivity contribution in [3.8, 4) is 0 Å². The standard InChI is InChI=1S/C14H24N2O2S/c1-11(5-6-17)9-15-14(18)16-10-12(2)8-13-4-3-7-19-13/h3-4,7,11-12,17H,5-6,8-10H2,1-2H3,(H2,15,16,18). The highest BCUT2D eigenvalue weighted by Gasteiger charge is 2.08. The summed E-state index contributed by atoms with van der Waals surface area (Å²) in [6.45, 7) is 5.59. The van der Waals surface area contributed by atoms with Gasteiger partial charge in [-0.25, -0.2) is 4.79 Å². The summed E-state index contributed by atoms with van der Waals surface area (Å²) < 4.78 is 0. The maximum Gasteiger partial charge on any atom is 0.314 e. The van der Waals surface area contributed by atoms with E-state index in [0.29, 0.717) is 24.9 Å². The van der Waals surface area contributed by atoms with E-state index in [-0.39, 0.29) is 12.6 Å². The van der Waals surface area contributed by atoms with Gasteiger partial charge in [-0.3, -0.25) is 0 Å². The van der Waals surface area contributed by atoms with Gasteiger partial charge >= 0.3 is 6.03 Å². The number of rotatable bonds is 8. The highest BCUT2D eigenvalue weighted by atomic mass is 32.1. The predicted octanol–water partition coefficient (Wildman–Crippen LogP) is 2.24. The van der Waals surface area contributed by atoms with Gasteiger partial charge in [0.05, 0.1) is 0 Å². The third-order valence-electron chi connectivity index (χ3n) is 2.97. The highest BCUT2D eigenvalue weighted by Crippen LogP contribution is 2.13. The second-order valence-electron chi connectivity index (χ2n) is 5.10. The van der Waals surface area contributed by atoms with Gasteiger partial charge in [0.2, 0.25) is 0 Å². The van der Waals surface area contributed by atoms with Gasteiger partial charge in [0.1, 0.15) is 0 Å². The number of hydrogen-bond acceptors (Lipinski definition) is 3. The second kappa shape index (κ2) is 8.93. The van der Waals surface area contributed by atoms with Gasteiger partial charge in [-0.05, 0) is 36.1 Å². The van der Waals surface area contributed by atoms with Crippen LogP contribution in [0.4, 0.5) is 4.79 Å². The van der Waals surface area contributed by atoms with Gasteiger partial charge in [0.15, 0.2) is 0 Å². The van der Waals surface area contributed by atoms with Gasteiger partial charge in [0.25, 0.3) is 0 Å². The van der Waals surface area contributed by atoms with Crippen LogP contribution < -0.4 is 10.6 Å². The van der Waals surface area contributed by atoms with E-state index in [1.54, 1.807) is 11.3 Å². The van der Waals surface area contributed by atoms with Crippen LogP contribution in [0.1, 0.15) is 25.1 Å². The Labute approximate surface area is 119 Å². The Morgan fingerprint density at radius 1 is 1.32 bits per heavy atom.